The third-order valence-electron chi connectivity index (χ3n) is 4.89. The average Bonchev–Trinajstić information content (AvgIpc) is 3.01. The summed E-state index contributed by atoms with van der Waals surface area (Å²) in [5.41, 5.74) is 5.77. The number of nitrogens with zero attached hydrogens (tertiary/aromatic N) is 3. The average molecular weight is 332 g/mol. The first-order chi connectivity index (χ1) is 12.1. The molecule has 0 spiro atoms. The van der Waals surface area contributed by atoms with Crippen LogP contribution >= 0.6 is 0 Å². The van der Waals surface area contributed by atoms with E-state index in [0.29, 0.717) is 0 Å². The van der Waals surface area contributed by atoms with Crippen molar-refractivity contribution in [1.29, 1.82) is 5.26 Å². The summed E-state index contributed by atoms with van der Waals surface area (Å²) in [5.74, 6) is 2.39. The summed E-state index contributed by atoms with van der Waals surface area (Å²) in [4.78, 5) is 4.59. The molecule has 128 valence electrons. The van der Waals surface area contributed by atoms with Crippen molar-refractivity contribution in [3.8, 4) is 5.97 Å². The van der Waals surface area contributed by atoms with Crippen LogP contribution in [-0.2, 0) is 0 Å². The van der Waals surface area contributed by atoms with Crippen LogP contribution in [0.4, 0.5) is 5.69 Å². The summed E-state index contributed by atoms with van der Waals surface area (Å²) in [6.07, 6.45) is 4.10. The molecule has 0 radical (unpaired) electrons. The molecule has 0 atom stereocenters. The molecule has 4 nitrogen and oxygen atoms in total. The van der Waals surface area contributed by atoms with E-state index < -0.39 is 0 Å². The molecule has 2 aliphatic rings. The molecule has 3 rings (SSSR count). The largest absolute Gasteiger partial charge is 0.373 e. The zero-order valence-electron chi connectivity index (χ0n) is 15.0. The molecule has 1 aromatic rings. The van der Waals surface area contributed by atoms with Crippen molar-refractivity contribution in [3.05, 3.63) is 60.5 Å². The van der Waals surface area contributed by atoms with Gasteiger partial charge in [-0.15, -0.1) is 0 Å². The van der Waals surface area contributed by atoms with Crippen LogP contribution in [0.2, 0.25) is 12.6 Å². The first-order valence-corrected chi connectivity index (χ1v) is 8.85. The van der Waals surface area contributed by atoms with Crippen LogP contribution in [0.1, 0.15) is 12.5 Å². The van der Waals surface area contributed by atoms with Crippen LogP contribution in [0, 0.1) is 11.2 Å². The van der Waals surface area contributed by atoms with E-state index in [1.165, 1.54) is 16.8 Å². The van der Waals surface area contributed by atoms with Crippen molar-refractivity contribution in [2.24, 2.45) is 0 Å². The van der Waals surface area contributed by atoms with Gasteiger partial charge in [0.1, 0.15) is 0 Å². The normalized spacial score (nSPS) is 17.4. The summed E-state index contributed by atoms with van der Waals surface area (Å²) >= 11 is 0. The summed E-state index contributed by atoms with van der Waals surface area (Å²) in [7, 11) is 0. The highest BCUT2D eigenvalue weighted by molar-refractivity contribution is 6.67. The molecule has 1 N–H and O–H groups in total. The van der Waals surface area contributed by atoms with Crippen molar-refractivity contribution in [1.82, 2.24) is 10.2 Å². The molecule has 25 heavy (non-hydrogen) atoms. The second kappa shape index (κ2) is 7.52. The topological polar surface area (TPSA) is 42.3 Å². The predicted molar refractivity (Wildman–Crippen MR) is 106 cm³/mol. The molecule has 0 bridgehead atoms. The number of hydrogen-bond donors (Lipinski definition) is 1. The van der Waals surface area contributed by atoms with Crippen LogP contribution in [0.15, 0.2) is 54.9 Å². The molecule has 0 aromatic heterocycles. The number of allylic oxidation sites excluding steroid dienone is 1. The fourth-order valence-electron chi connectivity index (χ4n) is 3.39. The summed E-state index contributed by atoms with van der Waals surface area (Å²) in [6.45, 7) is 13.8. The molecule has 0 amide bonds. The summed E-state index contributed by atoms with van der Waals surface area (Å²) < 4.78 is 0. The molecule has 1 saturated heterocycles. The van der Waals surface area contributed by atoms with Crippen LogP contribution in [0.3, 0.4) is 0 Å². The molecular weight excluding hydrogens is 307 g/mol. The maximum atomic E-state index is 9.02. The minimum absolute atomic E-state index is 0.223. The molecule has 2 aliphatic heterocycles. The molecule has 2 heterocycles. The Hall–Kier alpha value is -2.61. The lowest BCUT2D eigenvalue weighted by atomic mass is 9.45. The fourth-order valence-corrected chi connectivity index (χ4v) is 3.39. The minimum Gasteiger partial charge on any atom is -0.373 e. The molecule has 1 fully saturated rings. The van der Waals surface area contributed by atoms with E-state index >= 15 is 0 Å². The lowest BCUT2D eigenvalue weighted by Crippen LogP contribution is -2.36. The zero-order valence-corrected chi connectivity index (χ0v) is 15.0. The van der Waals surface area contributed by atoms with E-state index in [1.807, 2.05) is 6.92 Å². The number of hydrogen-bond acceptors (Lipinski definition) is 4. The number of anilines is 1. The van der Waals surface area contributed by atoms with E-state index in [9.17, 15) is 0 Å². The highest BCUT2D eigenvalue weighted by Gasteiger charge is 2.23. The van der Waals surface area contributed by atoms with E-state index in [-0.39, 0.29) is 6.71 Å². The lowest BCUT2D eigenvalue weighted by Gasteiger charge is -2.30. The number of nitriles is 1. The van der Waals surface area contributed by atoms with Crippen LogP contribution in [0.5, 0.6) is 0 Å². The van der Waals surface area contributed by atoms with E-state index in [1.54, 1.807) is 0 Å². The van der Waals surface area contributed by atoms with Gasteiger partial charge in [-0.25, -0.2) is 5.26 Å². The van der Waals surface area contributed by atoms with Gasteiger partial charge in [0.15, 0.2) is 0 Å². The van der Waals surface area contributed by atoms with Crippen LogP contribution in [-0.4, -0.2) is 37.9 Å². The van der Waals surface area contributed by atoms with Crippen molar-refractivity contribution in [3.63, 3.8) is 0 Å². The predicted octanol–water partition coefficient (Wildman–Crippen LogP) is 3.36. The van der Waals surface area contributed by atoms with Gasteiger partial charge in [0.25, 0.3) is 6.71 Å². The van der Waals surface area contributed by atoms with Gasteiger partial charge in [-0.1, -0.05) is 25.3 Å². The van der Waals surface area contributed by atoms with Gasteiger partial charge in [0.05, 0.1) is 6.67 Å². The highest BCUT2D eigenvalue weighted by atomic mass is 15.2. The Morgan fingerprint density at radius 3 is 2.56 bits per heavy atom. The highest BCUT2D eigenvalue weighted by Crippen LogP contribution is 2.30. The third-order valence-corrected chi connectivity index (χ3v) is 4.89. The number of rotatable bonds is 5. The Bertz CT molecular complexity index is 721. The standard InChI is InChI=1S/C20H25BN4/c1-16(2)23-15-24-12-17(3)20(13-24)18-4-6-19(7-5-18)25-10-8-21(14-22)9-11-25/h4-7,13,23H,1,3,8-12,15H2,2H3. The third kappa shape index (κ3) is 4.08. The van der Waals surface area contributed by atoms with Gasteiger partial charge in [-0.2, -0.15) is 0 Å². The van der Waals surface area contributed by atoms with E-state index in [2.05, 4.69) is 64.7 Å². The first kappa shape index (κ1) is 17.2. The maximum Gasteiger partial charge on any atom is 0.271 e. The number of nitrogens with one attached hydrogen (secondary N) is 1. The van der Waals surface area contributed by atoms with Gasteiger partial charge >= 0.3 is 0 Å². The van der Waals surface area contributed by atoms with Gasteiger partial charge in [0.2, 0.25) is 0 Å². The van der Waals surface area contributed by atoms with Crippen molar-refractivity contribution in [2.75, 3.05) is 31.2 Å². The molecular formula is C20H25BN4. The molecule has 1 aromatic carbocycles. The molecule has 5 heteroatoms. The maximum absolute atomic E-state index is 9.02. The van der Waals surface area contributed by atoms with Crippen molar-refractivity contribution >= 4 is 18.0 Å². The lowest BCUT2D eigenvalue weighted by molar-refractivity contribution is 0.403. The van der Waals surface area contributed by atoms with Crippen LogP contribution < -0.4 is 10.2 Å². The number of benzene rings is 1. The van der Waals surface area contributed by atoms with Crippen LogP contribution in [0.25, 0.3) is 5.57 Å². The Labute approximate surface area is 151 Å². The van der Waals surface area contributed by atoms with E-state index in [0.717, 1.165) is 50.2 Å². The second-order valence-electron chi connectivity index (χ2n) is 6.95. The van der Waals surface area contributed by atoms with Gasteiger partial charge in [-0.05, 0) is 42.8 Å². The fraction of sp³-hybridized carbons (Fsp3) is 0.350. The molecule has 0 saturated carbocycles. The van der Waals surface area contributed by atoms with Gasteiger partial charge < -0.3 is 15.1 Å². The summed E-state index contributed by atoms with van der Waals surface area (Å²) in [5, 5.41) is 12.3. The minimum atomic E-state index is 0.223. The Balaban J connectivity index is 1.66. The van der Waals surface area contributed by atoms with Gasteiger partial charge in [0, 0.05) is 48.8 Å². The first-order valence-electron chi connectivity index (χ1n) is 8.85. The van der Waals surface area contributed by atoms with E-state index in [4.69, 9.17) is 5.26 Å². The SMILES string of the molecule is C=C(C)NCN1C=C(c2ccc(N3CCB(C#N)CC3)cc2)C(=C)C1. The summed E-state index contributed by atoms with van der Waals surface area (Å²) in [6, 6.07) is 8.73. The van der Waals surface area contributed by atoms with Crippen molar-refractivity contribution < 1.29 is 0 Å². The molecule has 0 unspecified atom stereocenters. The quantitative estimate of drug-likeness (QED) is 0.840. The zero-order chi connectivity index (χ0) is 17.8. The molecule has 0 aliphatic carbocycles. The Morgan fingerprint density at radius 2 is 1.96 bits per heavy atom. The Kier molecular flexibility index (Phi) is 5.18. The second-order valence-corrected chi connectivity index (χ2v) is 6.95. The van der Waals surface area contributed by atoms with Gasteiger partial charge in [-0.3, -0.25) is 0 Å². The Morgan fingerprint density at radius 1 is 1.28 bits per heavy atom. The monoisotopic (exact) mass is 332 g/mol. The van der Waals surface area contributed by atoms with Crippen molar-refractivity contribution in [2.45, 2.75) is 19.6 Å². The smallest absolute Gasteiger partial charge is 0.271 e.